The number of para-hydroxylation sites is 2. The van der Waals surface area contributed by atoms with Crippen molar-refractivity contribution < 1.29 is 4.79 Å². The Bertz CT molecular complexity index is 2230. The lowest BCUT2D eigenvalue weighted by Crippen LogP contribution is -2.03. The number of benzene rings is 6. The van der Waals surface area contributed by atoms with Gasteiger partial charge in [-0.3, -0.25) is 4.79 Å². The number of nitrogens with zero attached hydrogens (tertiary/aromatic N) is 2. The summed E-state index contributed by atoms with van der Waals surface area (Å²) in [7, 11) is 0. The molecule has 0 aliphatic heterocycles. The lowest BCUT2D eigenvalue weighted by Gasteiger charge is -2.12. The fourth-order valence-electron chi connectivity index (χ4n) is 6.03. The number of carbonyl (C=O) groups is 1. The van der Waals surface area contributed by atoms with Crippen molar-refractivity contribution in [2.45, 2.75) is 0 Å². The Kier molecular flexibility index (Phi) is 4.98. The molecule has 0 saturated heterocycles. The van der Waals surface area contributed by atoms with Crippen LogP contribution in [0.2, 0.25) is 0 Å². The molecule has 2 heterocycles. The van der Waals surface area contributed by atoms with Gasteiger partial charge < -0.3 is 9.13 Å². The molecule has 0 saturated carbocycles. The molecule has 6 aromatic carbocycles. The molecule has 0 radical (unpaired) electrons. The molecule has 0 aliphatic carbocycles. The second kappa shape index (κ2) is 8.82. The molecular weight excluding hydrogens is 488 g/mol. The predicted octanol–water partition coefficient (Wildman–Crippen LogP) is 9.11. The molecule has 188 valence electrons. The molecule has 0 unspecified atom stereocenters. The molecule has 0 fully saturated rings. The van der Waals surface area contributed by atoms with Crippen LogP contribution in [0.4, 0.5) is 0 Å². The number of fused-ring (bicyclic) bond motifs is 6. The van der Waals surface area contributed by atoms with Gasteiger partial charge in [0.05, 0.1) is 16.6 Å². The largest absolute Gasteiger partial charge is 0.315 e. The topological polar surface area (TPSA) is 26.9 Å². The van der Waals surface area contributed by atoms with Crippen LogP contribution in [-0.2, 0) is 0 Å². The van der Waals surface area contributed by atoms with Crippen LogP contribution in [0.25, 0.3) is 54.9 Å². The minimum Gasteiger partial charge on any atom is -0.315 e. The van der Waals surface area contributed by atoms with Gasteiger partial charge in [-0.15, -0.1) is 0 Å². The standard InChI is InChI=1S/C37H24N2O/c40-37(29-18-17-25-9-4-5-10-27(25)23-29)28-11-8-14-31(24-28)38-22-21-26-19-20-33-32-15-6-7-16-34(32)39(36(33)35(26)38)30-12-2-1-3-13-30/h1-24H. The van der Waals surface area contributed by atoms with E-state index in [-0.39, 0.29) is 5.78 Å². The summed E-state index contributed by atoms with van der Waals surface area (Å²) in [6.07, 6.45) is 2.11. The summed E-state index contributed by atoms with van der Waals surface area (Å²) in [5, 5.41) is 5.77. The highest BCUT2D eigenvalue weighted by Crippen LogP contribution is 2.37. The lowest BCUT2D eigenvalue weighted by atomic mass is 9.99. The van der Waals surface area contributed by atoms with Crippen molar-refractivity contribution >= 4 is 49.3 Å². The highest BCUT2D eigenvalue weighted by Gasteiger charge is 2.18. The average molecular weight is 513 g/mol. The van der Waals surface area contributed by atoms with Crippen LogP contribution >= 0.6 is 0 Å². The highest BCUT2D eigenvalue weighted by molar-refractivity contribution is 6.18. The molecular formula is C37H24N2O. The molecule has 3 heteroatoms. The van der Waals surface area contributed by atoms with Crippen LogP contribution in [0.5, 0.6) is 0 Å². The Morgan fingerprint density at radius 3 is 2.10 bits per heavy atom. The van der Waals surface area contributed by atoms with Gasteiger partial charge in [-0.05, 0) is 53.2 Å². The number of hydrogen-bond acceptors (Lipinski definition) is 1. The van der Waals surface area contributed by atoms with Gasteiger partial charge >= 0.3 is 0 Å². The molecule has 40 heavy (non-hydrogen) atoms. The van der Waals surface area contributed by atoms with Crippen LogP contribution in [0, 0.1) is 0 Å². The minimum atomic E-state index is 0.0209. The zero-order chi connectivity index (χ0) is 26.6. The minimum absolute atomic E-state index is 0.0209. The third-order valence-electron chi connectivity index (χ3n) is 7.90. The average Bonchev–Trinajstić information content (AvgIpc) is 3.60. The molecule has 0 N–H and O–H groups in total. The smallest absolute Gasteiger partial charge is 0.193 e. The molecule has 0 spiro atoms. The quantitative estimate of drug-likeness (QED) is 0.216. The van der Waals surface area contributed by atoms with Gasteiger partial charge in [-0.25, -0.2) is 0 Å². The van der Waals surface area contributed by atoms with Crippen LogP contribution in [0.1, 0.15) is 15.9 Å². The summed E-state index contributed by atoms with van der Waals surface area (Å²) in [5.74, 6) is 0.0209. The van der Waals surface area contributed by atoms with Gasteiger partial charge in [0.25, 0.3) is 0 Å². The number of aromatic nitrogens is 2. The Hall–Kier alpha value is -5.41. The monoisotopic (exact) mass is 512 g/mol. The highest BCUT2D eigenvalue weighted by atomic mass is 16.1. The summed E-state index contributed by atoms with van der Waals surface area (Å²) >= 11 is 0. The Balaban J connectivity index is 1.34. The lowest BCUT2D eigenvalue weighted by molar-refractivity contribution is 0.103. The summed E-state index contributed by atoms with van der Waals surface area (Å²) in [4.78, 5) is 13.6. The van der Waals surface area contributed by atoms with E-state index >= 15 is 0 Å². The molecule has 0 atom stereocenters. The Labute approximate surface area is 231 Å². The second-order valence-electron chi connectivity index (χ2n) is 10.2. The van der Waals surface area contributed by atoms with Gasteiger partial charge in [-0.1, -0.05) is 97.1 Å². The maximum atomic E-state index is 13.6. The number of carbonyl (C=O) groups excluding carboxylic acids is 1. The van der Waals surface area contributed by atoms with E-state index in [4.69, 9.17) is 0 Å². The van der Waals surface area contributed by atoms with Crippen LogP contribution < -0.4 is 0 Å². The first-order valence-corrected chi connectivity index (χ1v) is 13.5. The molecule has 0 amide bonds. The van der Waals surface area contributed by atoms with E-state index in [9.17, 15) is 4.79 Å². The van der Waals surface area contributed by atoms with E-state index in [1.807, 2.05) is 60.7 Å². The van der Waals surface area contributed by atoms with Crippen molar-refractivity contribution in [1.82, 2.24) is 9.13 Å². The summed E-state index contributed by atoms with van der Waals surface area (Å²) in [6.45, 7) is 0. The molecule has 3 nitrogen and oxygen atoms in total. The number of hydrogen-bond donors (Lipinski definition) is 0. The van der Waals surface area contributed by atoms with Crippen LogP contribution in [0.3, 0.4) is 0 Å². The van der Waals surface area contributed by atoms with Gasteiger partial charge in [0.15, 0.2) is 5.78 Å². The maximum absolute atomic E-state index is 13.6. The second-order valence-corrected chi connectivity index (χ2v) is 10.2. The summed E-state index contributed by atoms with van der Waals surface area (Å²) in [5.41, 5.74) is 6.89. The Morgan fingerprint density at radius 1 is 0.475 bits per heavy atom. The third-order valence-corrected chi connectivity index (χ3v) is 7.90. The van der Waals surface area contributed by atoms with Crippen molar-refractivity contribution in [3.8, 4) is 11.4 Å². The van der Waals surface area contributed by atoms with Gasteiger partial charge in [0.2, 0.25) is 0 Å². The van der Waals surface area contributed by atoms with Crippen molar-refractivity contribution in [3.63, 3.8) is 0 Å². The summed E-state index contributed by atoms with van der Waals surface area (Å²) < 4.78 is 4.57. The van der Waals surface area contributed by atoms with Crippen LogP contribution in [0.15, 0.2) is 146 Å². The van der Waals surface area contributed by atoms with E-state index in [2.05, 4.69) is 94.2 Å². The zero-order valence-electron chi connectivity index (χ0n) is 21.7. The molecule has 0 bridgehead atoms. The van der Waals surface area contributed by atoms with Crippen molar-refractivity contribution in [2.24, 2.45) is 0 Å². The fraction of sp³-hybridized carbons (Fsp3) is 0. The van der Waals surface area contributed by atoms with E-state index in [1.54, 1.807) is 0 Å². The fourth-order valence-corrected chi connectivity index (χ4v) is 6.03. The predicted molar refractivity (Wildman–Crippen MR) is 165 cm³/mol. The summed E-state index contributed by atoms with van der Waals surface area (Å²) in [6, 6.07) is 47.7. The van der Waals surface area contributed by atoms with E-state index in [0.29, 0.717) is 11.1 Å². The first-order chi connectivity index (χ1) is 19.8. The van der Waals surface area contributed by atoms with E-state index < -0.39 is 0 Å². The van der Waals surface area contributed by atoms with Gasteiger partial charge in [-0.2, -0.15) is 0 Å². The SMILES string of the molecule is O=C(c1cccc(-n2ccc3ccc4c5ccccc5n(-c5ccccc5)c4c32)c1)c1ccc2ccccc2c1. The van der Waals surface area contributed by atoms with E-state index in [0.717, 1.165) is 38.6 Å². The Morgan fingerprint density at radius 2 is 1.20 bits per heavy atom. The van der Waals surface area contributed by atoms with Crippen molar-refractivity contribution in [1.29, 1.82) is 0 Å². The number of rotatable bonds is 4. The van der Waals surface area contributed by atoms with Gasteiger partial charge in [0, 0.05) is 44.9 Å². The molecule has 8 aromatic rings. The first kappa shape index (κ1) is 22.6. The van der Waals surface area contributed by atoms with Crippen LogP contribution in [-0.4, -0.2) is 14.9 Å². The first-order valence-electron chi connectivity index (χ1n) is 13.5. The van der Waals surface area contributed by atoms with Gasteiger partial charge in [0.1, 0.15) is 0 Å². The third kappa shape index (κ3) is 3.41. The van der Waals surface area contributed by atoms with E-state index in [1.165, 1.54) is 16.3 Å². The molecule has 2 aromatic heterocycles. The van der Waals surface area contributed by atoms with Crippen molar-refractivity contribution in [3.05, 3.63) is 157 Å². The molecule has 0 aliphatic rings. The van der Waals surface area contributed by atoms with Crippen molar-refractivity contribution in [2.75, 3.05) is 0 Å². The number of ketones is 1. The zero-order valence-corrected chi connectivity index (χ0v) is 21.7. The maximum Gasteiger partial charge on any atom is 0.193 e. The molecule has 8 rings (SSSR count). The normalized spacial score (nSPS) is 11.6.